The summed E-state index contributed by atoms with van der Waals surface area (Å²) in [4.78, 5) is 26.5. The van der Waals surface area contributed by atoms with Gasteiger partial charge in [-0.25, -0.2) is 4.79 Å². The summed E-state index contributed by atoms with van der Waals surface area (Å²) in [6, 6.07) is 27.2. The smallest absolute Gasteiger partial charge is 0.407 e. The average molecular weight is 543 g/mol. The van der Waals surface area contributed by atoms with Crippen LogP contribution in [0.3, 0.4) is 0 Å². The Morgan fingerprint density at radius 1 is 0.900 bits per heavy atom. The van der Waals surface area contributed by atoms with Crippen molar-refractivity contribution >= 4 is 12.0 Å². The zero-order valence-electron chi connectivity index (χ0n) is 23.8. The monoisotopic (exact) mass is 542 g/mol. The number of carbonyl (C=O) groups is 2. The van der Waals surface area contributed by atoms with Crippen LogP contribution >= 0.6 is 0 Å². The Hall–Kier alpha value is -3.64. The van der Waals surface area contributed by atoms with E-state index in [0.29, 0.717) is 12.8 Å². The molecule has 0 unspecified atom stereocenters. The highest BCUT2D eigenvalue weighted by atomic mass is 16.6. The molecule has 0 fully saturated rings. The molecule has 0 saturated heterocycles. The highest BCUT2D eigenvalue weighted by molar-refractivity contribution is 5.79. The average Bonchev–Trinajstić information content (AvgIpc) is 2.92. The highest BCUT2D eigenvalue weighted by Gasteiger charge is 2.31. The Morgan fingerprint density at radius 2 is 1.50 bits per heavy atom. The first-order chi connectivity index (χ1) is 19.2. The molecule has 3 aromatic rings. The van der Waals surface area contributed by atoms with Crippen molar-refractivity contribution in [3.05, 3.63) is 107 Å². The summed E-state index contributed by atoms with van der Waals surface area (Å²) < 4.78 is 5.50. The lowest BCUT2D eigenvalue weighted by Crippen LogP contribution is -2.48. The minimum Gasteiger partial charge on any atom is -0.444 e. The van der Waals surface area contributed by atoms with E-state index < -0.39 is 29.8 Å². The number of hydrogen-bond donors (Lipinski definition) is 3. The van der Waals surface area contributed by atoms with Gasteiger partial charge in [-0.3, -0.25) is 4.79 Å². The summed E-state index contributed by atoms with van der Waals surface area (Å²) in [5.41, 5.74) is 3.79. The Morgan fingerprint density at radius 3 is 2.15 bits per heavy atom. The molecule has 2 amide bonds. The minimum absolute atomic E-state index is 0.0483. The third-order valence-electron chi connectivity index (χ3n) is 7.37. The molecule has 0 saturated carbocycles. The van der Waals surface area contributed by atoms with E-state index in [-0.39, 0.29) is 18.4 Å². The molecule has 1 aliphatic carbocycles. The van der Waals surface area contributed by atoms with Crippen molar-refractivity contribution in [2.24, 2.45) is 5.92 Å². The largest absolute Gasteiger partial charge is 0.444 e. The van der Waals surface area contributed by atoms with Gasteiger partial charge in [-0.2, -0.15) is 0 Å². The molecular formula is C34H42N2O4. The van der Waals surface area contributed by atoms with Gasteiger partial charge in [0.2, 0.25) is 5.91 Å². The van der Waals surface area contributed by atoms with E-state index in [9.17, 15) is 14.7 Å². The number of carbonyl (C=O) groups excluding carboxylic acids is 2. The van der Waals surface area contributed by atoms with Crippen LogP contribution in [0.1, 0.15) is 68.3 Å². The maximum Gasteiger partial charge on any atom is 0.407 e. The fourth-order valence-electron chi connectivity index (χ4n) is 5.44. The molecule has 3 N–H and O–H groups in total. The molecule has 1 aliphatic rings. The fraction of sp³-hybridized carbons (Fsp3) is 0.412. The number of rotatable bonds is 10. The zero-order valence-corrected chi connectivity index (χ0v) is 23.8. The Balaban J connectivity index is 1.54. The summed E-state index contributed by atoms with van der Waals surface area (Å²) in [6.07, 6.45) is 2.47. The molecule has 6 nitrogen and oxygen atoms in total. The van der Waals surface area contributed by atoms with Gasteiger partial charge in [0.1, 0.15) is 5.60 Å². The van der Waals surface area contributed by atoms with Crippen molar-refractivity contribution in [3.8, 4) is 0 Å². The minimum atomic E-state index is -0.967. The summed E-state index contributed by atoms with van der Waals surface area (Å²) in [7, 11) is 0. The molecule has 4 atom stereocenters. The van der Waals surface area contributed by atoms with E-state index in [1.54, 1.807) is 20.8 Å². The predicted molar refractivity (Wildman–Crippen MR) is 158 cm³/mol. The lowest BCUT2D eigenvalue weighted by molar-refractivity contribution is -0.127. The number of hydrogen-bond acceptors (Lipinski definition) is 4. The van der Waals surface area contributed by atoms with Crippen LogP contribution in [0.5, 0.6) is 0 Å². The van der Waals surface area contributed by atoms with Crippen LogP contribution < -0.4 is 10.6 Å². The summed E-state index contributed by atoms with van der Waals surface area (Å²) >= 11 is 0. The number of amides is 2. The number of aliphatic hydroxyl groups excluding tert-OH is 1. The Bertz CT molecular complexity index is 1240. The standard InChI is InChI=1S/C34H42N2O4/c1-34(2,3)40-33(39)36-30(22-25-15-8-5-9-16-25)31(37)23-27(21-24-13-6-4-7-14-24)32(38)35-29-20-12-18-26-17-10-11-19-28(26)29/h4-11,13-17,19,27,29-31,37H,12,18,20-23H2,1-3H3,(H,35,38)(H,36,39)/t27-,29-,30-,31-/m0/s1. The third-order valence-corrected chi connectivity index (χ3v) is 7.37. The number of fused-ring (bicyclic) bond motifs is 1. The topological polar surface area (TPSA) is 87.7 Å². The van der Waals surface area contributed by atoms with Crippen molar-refractivity contribution in [1.82, 2.24) is 10.6 Å². The van der Waals surface area contributed by atoms with Gasteiger partial charge < -0.3 is 20.5 Å². The van der Waals surface area contributed by atoms with Gasteiger partial charge in [0.15, 0.2) is 0 Å². The summed E-state index contributed by atoms with van der Waals surface area (Å²) in [5, 5.41) is 17.7. The first-order valence-corrected chi connectivity index (χ1v) is 14.3. The second kappa shape index (κ2) is 13.6. The van der Waals surface area contributed by atoms with Gasteiger partial charge in [-0.1, -0.05) is 84.9 Å². The van der Waals surface area contributed by atoms with Gasteiger partial charge in [0, 0.05) is 5.92 Å². The van der Waals surface area contributed by atoms with E-state index in [4.69, 9.17) is 4.74 Å². The number of alkyl carbamates (subject to hydrolysis) is 1. The summed E-state index contributed by atoms with van der Waals surface area (Å²) in [6.45, 7) is 5.41. The van der Waals surface area contributed by atoms with Crippen molar-refractivity contribution in [2.75, 3.05) is 0 Å². The fourth-order valence-corrected chi connectivity index (χ4v) is 5.44. The first-order valence-electron chi connectivity index (χ1n) is 14.3. The van der Waals surface area contributed by atoms with Crippen molar-refractivity contribution < 1.29 is 19.4 Å². The van der Waals surface area contributed by atoms with Crippen LogP contribution in [0, 0.1) is 5.92 Å². The van der Waals surface area contributed by atoms with Crippen LogP contribution in [0.15, 0.2) is 84.9 Å². The van der Waals surface area contributed by atoms with Crippen LogP contribution in [0.2, 0.25) is 0 Å². The number of benzene rings is 3. The number of aryl methyl sites for hydroxylation is 1. The number of nitrogens with one attached hydrogen (secondary N) is 2. The van der Waals surface area contributed by atoms with E-state index in [2.05, 4.69) is 22.8 Å². The van der Waals surface area contributed by atoms with Gasteiger partial charge in [-0.05, 0) is 81.5 Å². The van der Waals surface area contributed by atoms with Crippen LogP contribution in [-0.2, 0) is 28.8 Å². The maximum absolute atomic E-state index is 13.8. The van der Waals surface area contributed by atoms with E-state index in [1.165, 1.54) is 11.1 Å². The Kier molecular flexibility index (Phi) is 9.99. The van der Waals surface area contributed by atoms with Crippen LogP contribution in [-0.4, -0.2) is 34.9 Å². The van der Waals surface area contributed by atoms with Gasteiger partial charge in [0.25, 0.3) is 0 Å². The SMILES string of the molecule is CC(C)(C)OC(=O)N[C@@H](Cc1ccccc1)[C@@H](O)C[C@H](Cc1ccccc1)C(=O)N[C@H]1CCCc2ccccc21. The summed E-state index contributed by atoms with van der Waals surface area (Å²) in [5.74, 6) is -0.564. The van der Waals surface area contributed by atoms with E-state index >= 15 is 0 Å². The van der Waals surface area contributed by atoms with Crippen molar-refractivity contribution in [1.29, 1.82) is 0 Å². The van der Waals surface area contributed by atoms with E-state index in [0.717, 1.165) is 30.4 Å². The molecule has 212 valence electrons. The quantitative estimate of drug-likeness (QED) is 0.297. The van der Waals surface area contributed by atoms with Crippen molar-refractivity contribution in [2.45, 2.75) is 83.1 Å². The molecule has 0 radical (unpaired) electrons. The molecule has 3 aromatic carbocycles. The van der Waals surface area contributed by atoms with Gasteiger partial charge >= 0.3 is 6.09 Å². The molecular weight excluding hydrogens is 500 g/mol. The second-order valence-corrected chi connectivity index (χ2v) is 11.8. The predicted octanol–water partition coefficient (Wildman–Crippen LogP) is 5.93. The molecule has 0 spiro atoms. The van der Waals surface area contributed by atoms with Gasteiger partial charge in [0.05, 0.1) is 18.2 Å². The van der Waals surface area contributed by atoms with Crippen molar-refractivity contribution in [3.63, 3.8) is 0 Å². The molecule has 0 aliphatic heterocycles. The number of aliphatic hydroxyl groups is 1. The molecule has 6 heteroatoms. The Labute approximate surface area is 238 Å². The number of ether oxygens (including phenoxy) is 1. The van der Waals surface area contributed by atoms with Crippen LogP contribution in [0.25, 0.3) is 0 Å². The molecule has 0 heterocycles. The third kappa shape index (κ3) is 8.68. The molecule has 0 aromatic heterocycles. The maximum atomic E-state index is 13.8. The van der Waals surface area contributed by atoms with Gasteiger partial charge in [-0.15, -0.1) is 0 Å². The normalized spacial score (nSPS) is 17.1. The second-order valence-electron chi connectivity index (χ2n) is 11.8. The lowest BCUT2D eigenvalue weighted by atomic mass is 9.85. The molecule has 4 rings (SSSR count). The first kappa shape index (κ1) is 29.3. The van der Waals surface area contributed by atoms with Crippen LogP contribution in [0.4, 0.5) is 4.79 Å². The molecule has 40 heavy (non-hydrogen) atoms. The lowest BCUT2D eigenvalue weighted by Gasteiger charge is -2.31. The highest BCUT2D eigenvalue weighted by Crippen LogP contribution is 2.30. The van der Waals surface area contributed by atoms with E-state index in [1.807, 2.05) is 72.8 Å². The molecule has 0 bridgehead atoms. The zero-order chi connectivity index (χ0) is 28.5.